The highest BCUT2D eigenvalue weighted by Crippen LogP contribution is 2.37. The van der Waals surface area contributed by atoms with Gasteiger partial charge < -0.3 is 15.4 Å². The lowest BCUT2D eigenvalue weighted by molar-refractivity contribution is -0.125. The molecule has 1 aliphatic rings. The van der Waals surface area contributed by atoms with Gasteiger partial charge in [-0.15, -0.1) is 0 Å². The Morgan fingerprint density at radius 3 is 2.76 bits per heavy atom. The molecule has 3 aromatic heterocycles. The number of halogens is 1. The zero-order chi connectivity index (χ0) is 22.9. The molecule has 1 unspecified atom stereocenters. The summed E-state index contributed by atoms with van der Waals surface area (Å²) in [4.78, 5) is 22.0. The molecule has 0 radical (unpaired) electrons. The zero-order valence-corrected chi connectivity index (χ0v) is 17.8. The van der Waals surface area contributed by atoms with Crippen molar-refractivity contribution in [2.24, 2.45) is 0 Å². The van der Waals surface area contributed by atoms with Crippen molar-refractivity contribution in [2.45, 2.75) is 12.3 Å². The van der Waals surface area contributed by atoms with Crippen LogP contribution in [0.2, 0.25) is 0 Å². The van der Waals surface area contributed by atoms with Crippen molar-refractivity contribution in [3.8, 4) is 22.9 Å². The molecule has 8 heteroatoms. The maximum Gasteiger partial charge on any atom is 0.255 e. The van der Waals surface area contributed by atoms with Gasteiger partial charge in [-0.2, -0.15) is 0 Å². The summed E-state index contributed by atoms with van der Waals surface area (Å²) in [5, 5.41) is 0. The molecule has 1 amide bonds. The molecule has 1 aromatic carbocycles. The lowest BCUT2D eigenvalue weighted by Gasteiger charge is -2.14. The number of ether oxygens (including phenoxy) is 1. The monoisotopic (exact) mass is 443 g/mol. The van der Waals surface area contributed by atoms with E-state index in [0.717, 1.165) is 28.8 Å². The van der Waals surface area contributed by atoms with Crippen LogP contribution in [0.15, 0.2) is 73.6 Å². The molecule has 0 aliphatic carbocycles. The number of aromatic nitrogens is 3. The van der Waals surface area contributed by atoms with Crippen LogP contribution in [0.3, 0.4) is 0 Å². The third kappa shape index (κ3) is 3.80. The van der Waals surface area contributed by atoms with E-state index in [1.54, 1.807) is 18.3 Å². The number of hydrogen-bond acceptors (Lipinski definition) is 5. The number of carbonyl (C=O) groups is 1. The van der Waals surface area contributed by atoms with Crippen molar-refractivity contribution in [1.82, 2.24) is 19.3 Å². The molecule has 5 rings (SSSR count). The topological polar surface area (TPSA) is 85.8 Å². The number of benzene rings is 1. The molecule has 0 bridgehead atoms. The van der Waals surface area contributed by atoms with E-state index in [-0.39, 0.29) is 17.7 Å². The Morgan fingerprint density at radius 1 is 1.18 bits per heavy atom. The van der Waals surface area contributed by atoms with Gasteiger partial charge in [-0.1, -0.05) is 6.58 Å². The smallest absolute Gasteiger partial charge is 0.255 e. The van der Waals surface area contributed by atoms with E-state index in [1.807, 2.05) is 27.5 Å². The minimum Gasteiger partial charge on any atom is -0.436 e. The number of nitrogens with two attached hydrogens (primary N) is 1. The quantitative estimate of drug-likeness (QED) is 0.462. The summed E-state index contributed by atoms with van der Waals surface area (Å²) in [7, 11) is 0. The van der Waals surface area contributed by atoms with Crippen LogP contribution in [0, 0.1) is 5.82 Å². The van der Waals surface area contributed by atoms with E-state index in [2.05, 4.69) is 22.6 Å². The summed E-state index contributed by atoms with van der Waals surface area (Å²) in [6, 6.07) is 14.1. The van der Waals surface area contributed by atoms with Gasteiger partial charge in [0.25, 0.3) is 5.88 Å². The summed E-state index contributed by atoms with van der Waals surface area (Å²) >= 11 is 0. The summed E-state index contributed by atoms with van der Waals surface area (Å²) in [6.45, 7) is 4.92. The standard InChI is InChI=1S/C25H22FN5O2/c1-2-23(32)30-13-10-17(15-30)19-14-22(31-21(19)9-12-29-25(31)27)16-5-7-18(8-6-16)33-24-20(26)4-3-11-28-24/h2-9,11-12,14,17H,1,10,13,15H2,(H2,27,29). The average molecular weight is 443 g/mol. The Labute approximate surface area is 190 Å². The van der Waals surface area contributed by atoms with Gasteiger partial charge in [0.05, 0.1) is 11.2 Å². The molecule has 4 aromatic rings. The Bertz CT molecular complexity index is 1350. The van der Waals surface area contributed by atoms with E-state index in [4.69, 9.17) is 10.5 Å². The molecule has 1 fully saturated rings. The highest BCUT2D eigenvalue weighted by Gasteiger charge is 2.29. The number of carbonyl (C=O) groups excluding carboxylic acids is 1. The van der Waals surface area contributed by atoms with Gasteiger partial charge in [0.2, 0.25) is 11.9 Å². The van der Waals surface area contributed by atoms with E-state index in [9.17, 15) is 9.18 Å². The van der Waals surface area contributed by atoms with Crippen LogP contribution in [-0.2, 0) is 4.79 Å². The van der Waals surface area contributed by atoms with E-state index in [0.29, 0.717) is 24.8 Å². The average Bonchev–Trinajstić information content (AvgIpc) is 3.47. The zero-order valence-electron chi connectivity index (χ0n) is 17.8. The molecule has 7 nitrogen and oxygen atoms in total. The number of amides is 1. The molecular weight excluding hydrogens is 421 g/mol. The fourth-order valence-corrected chi connectivity index (χ4v) is 4.34. The van der Waals surface area contributed by atoms with Crippen LogP contribution in [-0.4, -0.2) is 38.3 Å². The van der Waals surface area contributed by atoms with Gasteiger partial charge in [-0.05, 0) is 72.2 Å². The molecular formula is C25H22FN5O2. The molecule has 0 spiro atoms. The van der Waals surface area contributed by atoms with Crippen molar-refractivity contribution in [1.29, 1.82) is 0 Å². The van der Waals surface area contributed by atoms with Crippen molar-refractivity contribution in [3.63, 3.8) is 0 Å². The second-order valence-electron chi connectivity index (χ2n) is 7.90. The fourth-order valence-electron chi connectivity index (χ4n) is 4.34. The van der Waals surface area contributed by atoms with Crippen LogP contribution in [0.25, 0.3) is 16.8 Å². The van der Waals surface area contributed by atoms with Crippen molar-refractivity contribution < 1.29 is 13.9 Å². The first kappa shape index (κ1) is 20.7. The van der Waals surface area contributed by atoms with Crippen LogP contribution in [0.5, 0.6) is 11.6 Å². The number of anilines is 1. The first-order valence-electron chi connectivity index (χ1n) is 10.6. The predicted molar refractivity (Wildman–Crippen MR) is 123 cm³/mol. The SMILES string of the molecule is C=CC(=O)N1CCC(c2cc(-c3ccc(Oc4ncccc4F)cc3)n3c(N)nccc23)C1. The number of nitrogen functional groups attached to an aromatic ring is 1. The van der Waals surface area contributed by atoms with Crippen LogP contribution < -0.4 is 10.5 Å². The Balaban J connectivity index is 1.49. The molecule has 1 saturated heterocycles. The molecule has 2 N–H and O–H groups in total. The summed E-state index contributed by atoms with van der Waals surface area (Å²) in [5.41, 5.74) is 10.1. The summed E-state index contributed by atoms with van der Waals surface area (Å²) in [6.07, 6.45) is 5.39. The van der Waals surface area contributed by atoms with E-state index in [1.165, 1.54) is 24.4 Å². The van der Waals surface area contributed by atoms with Crippen LogP contribution in [0.1, 0.15) is 17.9 Å². The second-order valence-corrected chi connectivity index (χ2v) is 7.90. The third-order valence-corrected chi connectivity index (χ3v) is 5.94. The molecule has 33 heavy (non-hydrogen) atoms. The largest absolute Gasteiger partial charge is 0.436 e. The fraction of sp³-hybridized carbons (Fsp3) is 0.160. The maximum absolute atomic E-state index is 13.8. The van der Waals surface area contributed by atoms with Crippen LogP contribution in [0.4, 0.5) is 10.3 Å². The normalized spacial score (nSPS) is 15.7. The predicted octanol–water partition coefficient (Wildman–Crippen LogP) is 4.41. The molecule has 0 saturated carbocycles. The number of nitrogens with zero attached hydrogens (tertiary/aromatic N) is 4. The number of fused-ring (bicyclic) bond motifs is 1. The third-order valence-electron chi connectivity index (χ3n) is 5.94. The highest BCUT2D eigenvalue weighted by atomic mass is 19.1. The van der Waals surface area contributed by atoms with E-state index < -0.39 is 5.82 Å². The number of hydrogen-bond donors (Lipinski definition) is 1. The highest BCUT2D eigenvalue weighted by molar-refractivity contribution is 5.87. The minimum absolute atomic E-state index is 0.0534. The number of likely N-dealkylation sites (tertiary alicyclic amines) is 1. The van der Waals surface area contributed by atoms with Crippen molar-refractivity contribution in [2.75, 3.05) is 18.8 Å². The molecule has 166 valence electrons. The molecule has 1 aliphatic heterocycles. The van der Waals surface area contributed by atoms with Crippen molar-refractivity contribution in [3.05, 3.63) is 85.0 Å². The summed E-state index contributed by atoms with van der Waals surface area (Å²) in [5.74, 6) is 0.383. The van der Waals surface area contributed by atoms with Crippen molar-refractivity contribution >= 4 is 17.4 Å². The van der Waals surface area contributed by atoms with Crippen LogP contribution >= 0.6 is 0 Å². The number of pyridine rings is 1. The number of rotatable bonds is 5. The van der Waals surface area contributed by atoms with E-state index >= 15 is 0 Å². The summed E-state index contributed by atoms with van der Waals surface area (Å²) < 4.78 is 21.3. The molecule has 1 atom stereocenters. The van der Waals surface area contributed by atoms with Gasteiger partial charge in [0, 0.05) is 31.4 Å². The van der Waals surface area contributed by atoms with Gasteiger partial charge in [-0.3, -0.25) is 9.20 Å². The van der Waals surface area contributed by atoms with Gasteiger partial charge in [0.15, 0.2) is 5.82 Å². The lowest BCUT2D eigenvalue weighted by atomic mass is 9.99. The maximum atomic E-state index is 13.8. The Morgan fingerprint density at radius 2 is 2.00 bits per heavy atom. The first-order valence-corrected chi connectivity index (χ1v) is 10.6. The minimum atomic E-state index is -0.525. The Hall–Kier alpha value is -4.20. The Kier molecular flexibility index (Phi) is 5.26. The lowest BCUT2D eigenvalue weighted by Crippen LogP contribution is -2.26. The van der Waals surface area contributed by atoms with Gasteiger partial charge in [-0.25, -0.2) is 14.4 Å². The first-order chi connectivity index (χ1) is 16.0. The second kappa shape index (κ2) is 8.38. The molecule has 4 heterocycles. The van der Waals surface area contributed by atoms with Gasteiger partial charge in [0.1, 0.15) is 5.75 Å². The van der Waals surface area contributed by atoms with Gasteiger partial charge >= 0.3 is 0 Å².